The third kappa shape index (κ3) is 4.37. The molecule has 2 aromatic carbocycles. The lowest BCUT2D eigenvalue weighted by atomic mass is 10.2. The van der Waals surface area contributed by atoms with E-state index in [1.807, 2.05) is 4.72 Å². The molecule has 0 heterocycles. The van der Waals surface area contributed by atoms with Crippen LogP contribution in [0, 0.1) is 11.6 Å². The molecule has 2 aromatic rings. The molecule has 0 aliphatic carbocycles. The second kappa shape index (κ2) is 6.67. The molecule has 0 radical (unpaired) electrons. The third-order valence-corrected chi connectivity index (χ3v) is 4.82. The Morgan fingerprint density at radius 1 is 0.917 bits per heavy atom. The Morgan fingerprint density at radius 2 is 1.54 bits per heavy atom. The Balaban J connectivity index is 2.38. The molecule has 3 N–H and O–H groups in total. The van der Waals surface area contributed by atoms with Crippen molar-refractivity contribution in [1.29, 1.82) is 0 Å². The van der Waals surface area contributed by atoms with Gasteiger partial charge in [-0.1, -0.05) is 24.3 Å². The zero-order valence-corrected chi connectivity index (χ0v) is 13.6. The van der Waals surface area contributed by atoms with Gasteiger partial charge in [-0.25, -0.2) is 30.8 Å². The second-order valence-corrected chi connectivity index (χ2v) is 7.70. The van der Waals surface area contributed by atoms with Crippen molar-refractivity contribution in [2.24, 2.45) is 5.14 Å². The predicted octanol–water partition coefficient (Wildman–Crippen LogP) is 2.02. The summed E-state index contributed by atoms with van der Waals surface area (Å²) in [5.74, 6) is -1.84. The Kier molecular flexibility index (Phi) is 5.02. The van der Waals surface area contributed by atoms with Crippen LogP contribution >= 0.6 is 0 Å². The molecule has 0 spiro atoms. The van der Waals surface area contributed by atoms with Gasteiger partial charge >= 0.3 is 0 Å². The summed E-state index contributed by atoms with van der Waals surface area (Å²) in [6.45, 7) is 0. The van der Waals surface area contributed by atoms with Crippen molar-refractivity contribution in [3.63, 3.8) is 0 Å². The number of hydrogen-bond donors (Lipinski definition) is 2. The van der Waals surface area contributed by atoms with E-state index in [0.717, 1.165) is 30.3 Å². The first-order valence-electron chi connectivity index (χ1n) is 6.37. The first-order chi connectivity index (χ1) is 11.1. The largest absolute Gasteiger partial charge is 0.279 e. The van der Waals surface area contributed by atoms with E-state index in [1.54, 1.807) is 0 Å². The molecule has 0 saturated carbocycles. The molecule has 6 nitrogen and oxygen atoms in total. The molecule has 0 fully saturated rings. The molecule has 0 amide bonds. The Morgan fingerprint density at radius 3 is 2.17 bits per heavy atom. The summed E-state index contributed by atoms with van der Waals surface area (Å²) in [4.78, 5) is -0.979. The van der Waals surface area contributed by atoms with Crippen molar-refractivity contribution in [3.05, 3.63) is 65.1 Å². The van der Waals surface area contributed by atoms with Gasteiger partial charge in [-0.2, -0.15) is 0 Å². The smallest absolute Gasteiger partial charge is 0.255 e. The van der Waals surface area contributed by atoms with Crippen LogP contribution in [-0.4, -0.2) is 16.8 Å². The molecular weight excluding hydrogens is 362 g/mol. The highest BCUT2D eigenvalue weighted by Gasteiger charge is 2.21. The molecule has 128 valence electrons. The lowest BCUT2D eigenvalue weighted by Gasteiger charge is -2.10. The van der Waals surface area contributed by atoms with Crippen LogP contribution in [0.1, 0.15) is 5.56 Å². The summed E-state index contributed by atoms with van der Waals surface area (Å²) < 4.78 is 75.8. The van der Waals surface area contributed by atoms with Crippen LogP contribution in [0.5, 0.6) is 0 Å². The molecule has 0 aliphatic heterocycles. The lowest BCUT2D eigenvalue weighted by molar-refractivity contribution is 0.569. The average molecular weight is 374 g/mol. The van der Waals surface area contributed by atoms with Gasteiger partial charge in [0.05, 0.1) is 11.1 Å². The third-order valence-electron chi connectivity index (χ3n) is 2.84. The topological polar surface area (TPSA) is 106 Å². The summed E-state index contributed by atoms with van der Waals surface area (Å²) in [5, 5.41) is 5.52. The highest BCUT2D eigenvalue weighted by molar-refractivity contribution is 7.95. The van der Waals surface area contributed by atoms with Crippen molar-refractivity contribution in [1.82, 2.24) is 0 Å². The molecule has 24 heavy (non-hydrogen) atoms. The maximum atomic E-state index is 13.7. The molecule has 10 heteroatoms. The fourth-order valence-electron chi connectivity index (χ4n) is 1.84. The standard InChI is InChI=1S/C14H12F2N2O4S2/c15-11-5-2-1-4-10(11)8-9-23(19,20)18-13-7-3-6-12(16)14(13)24(17,21)22/h1-9,18H,(H2,17,21,22). The number of nitrogens with two attached hydrogens (primary N) is 1. The van der Waals surface area contributed by atoms with E-state index in [4.69, 9.17) is 5.14 Å². The van der Waals surface area contributed by atoms with E-state index >= 15 is 0 Å². The molecule has 0 aliphatic rings. The van der Waals surface area contributed by atoms with E-state index in [1.165, 1.54) is 18.2 Å². The predicted molar refractivity (Wildman–Crippen MR) is 85.7 cm³/mol. The van der Waals surface area contributed by atoms with Crippen LogP contribution in [0.4, 0.5) is 14.5 Å². The molecule has 0 bridgehead atoms. The zero-order valence-electron chi connectivity index (χ0n) is 12.0. The molecular formula is C14H12F2N2O4S2. The van der Waals surface area contributed by atoms with Gasteiger partial charge < -0.3 is 0 Å². The maximum absolute atomic E-state index is 13.7. The van der Waals surface area contributed by atoms with Gasteiger partial charge in [-0.15, -0.1) is 0 Å². The van der Waals surface area contributed by atoms with Gasteiger partial charge in [0, 0.05) is 5.56 Å². The Bertz CT molecular complexity index is 1000. The second-order valence-electron chi connectivity index (χ2n) is 4.63. The number of rotatable bonds is 5. The number of anilines is 1. The van der Waals surface area contributed by atoms with Crippen LogP contribution in [0.25, 0.3) is 6.08 Å². The van der Waals surface area contributed by atoms with E-state index in [0.29, 0.717) is 5.41 Å². The van der Waals surface area contributed by atoms with Crippen LogP contribution in [0.3, 0.4) is 0 Å². The van der Waals surface area contributed by atoms with Gasteiger partial charge in [-0.3, -0.25) is 4.72 Å². The van der Waals surface area contributed by atoms with Crippen molar-refractivity contribution in [2.75, 3.05) is 4.72 Å². The molecule has 0 saturated heterocycles. The van der Waals surface area contributed by atoms with Gasteiger partial charge in [0.15, 0.2) is 0 Å². The minimum Gasteiger partial charge on any atom is -0.279 e. The van der Waals surface area contributed by atoms with Crippen molar-refractivity contribution in [2.45, 2.75) is 4.90 Å². The molecule has 0 unspecified atom stereocenters. The van der Waals surface area contributed by atoms with Crippen molar-refractivity contribution in [3.8, 4) is 0 Å². The van der Waals surface area contributed by atoms with E-state index in [2.05, 4.69) is 0 Å². The van der Waals surface area contributed by atoms with Gasteiger partial charge in [-0.05, 0) is 24.3 Å². The highest BCUT2D eigenvalue weighted by Crippen LogP contribution is 2.24. The zero-order chi connectivity index (χ0) is 18.0. The van der Waals surface area contributed by atoms with Crippen molar-refractivity contribution < 1.29 is 25.6 Å². The summed E-state index contributed by atoms with van der Waals surface area (Å²) >= 11 is 0. The van der Waals surface area contributed by atoms with Crippen LogP contribution in [-0.2, 0) is 20.0 Å². The summed E-state index contributed by atoms with van der Waals surface area (Å²) in [6, 6.07) is 8.41. The first kappa shape index (κ1) is 18.0. The lowest BCUT2D eigenvalue weighted by Crippen LogP contribution is -2.19. The number of halogens is 2. The van der Waals surface area contributed by atoms with E-state index in [9.17, 15) is 25.6 Å². The van der Waals surface area contributed by atoms with Crippen LogP contribution < -0.4 is 9.86 Å². The summed E-state index contributed by atoms with van der Waals surface area (Å²) in [7, 11) is -8.73. The minimum absolute atomic E-state index is 0.00814. The Labute approximate surface area is 137 Å². The summed E-state index contributed by atoms with van der Waals surface area (Å²) in [5.41, 5.74) is -0.538. The van der Waals surface area contributed by atoms with Crippen molar-refractivity contribution >= 4 is 31.8 Å². The van der Waals surface area contributed by atoms with Crippen LogP contribution in [0.2, 0.25) is 0 Å². The minimum atomic E-state index is -4.50. The molecule has 0 aromatic heterocycles. The monoisotopic (exact) mass is 374 g/mol. The SMILES string of the molecule is NS(=O)(=O)c1c(F)cccc1NS(=O)(=O)C=Cc1ccccc1F. The molecule has 2 rings (SSSR count). The number of nitrogens with one attached hydrogen (secondary N) is 1. The van der Waals surface area contributed by atoms with Gasteiger partial charge in [0.1, 0.15) is 16.5 Å². The highest BCUT2D eigenvalue weighted by atomic mass is 32.2. The van der Waals surface area contributed by atoms with Gasteiger partial charge in [0.2, 0.25) is 10.0 Å². The number of primary sulfonamides is 1. The number of benzene rings is 2. The average Bonchev–Trinajstić information content (AvgIpc) is 2.44. The van der Waals surface area contributed by atoms with E-state index in [-0.39, 0.29) is 5.56 Å². The number of sulfonamides is 2. The fraction of sp³-hybridized carbons (Fsp3) is 0. The fourth-order valence-corrected chi connectivity index (χ4v) is 3.54. The Hall–Kier alpha value is -2.30. The maximum Gasteiger partial charge on any atom is 0.255 e. The quantitative estimate of drug-likeness (QED) is 0.835. The van der Waals surface area contributed by atoms with Gasteiger partial charge in [0.25, 0.3) is 10.0 Å². The van der Waals surface area contributed by atoms with E-state index < -0.39 is 42.3 Å². The first-order valence-corrected chi connectivity index (χ1v) is 9.46. The molecule has 0 atom stereocenters. The summed E-state index contributed by atoms with van der Waals surface area (Å²) in [6.07, 6.45) is 0.980. The van der Waals surface area contributed by atoms with Crippen LogP contribution in [0.15, 0.2) is 52.8 Å². The normalized spacial score (nSPS) is 12.5. The number of hydrogen-bond acceptors (Lipinski definition) is 4.